The molecule has 4 nitrogen and oxygen atoms in total. The first-order valence-electron chi connectivity index (χ1n) is 5.93. The number of rotatable bonds is 6. The average molecular weight is 324 g/mol. The molecule has 1 amide bonds. The number of nitrogens with one attached hydrogen (secondary N) is 1. The summed E-state index contributed by atoms with van der Waals surface area (Å²) in [4.78, 5) is 12.3. The van der Waals surface area contributed by atoms with Gasteiger partial charge in [-0.1, -0.05) is 25.4 Å². The number of halogens is 1. The van der Waals surface area contributed by atoms with Gasteiger partial charge >= 0.3 is 0 Å². The van der Waals surface area contributed by atoms with E-state index in [4.69, 9.17) is 11.6 Å². The molecule has 0 aromatic carbocycles. The third-order valence-corrected chi connectivity index (χ3v) is 5.60. The van der Waals surface area contributed by atoms with Crippen LogP contribution < -0.4 is 5.32 Å². The predicted octanol–water partition coefficient (Wildman–Crippen LogP) is 2.48. The summed E-state index contributed by atoms with van der Waals surface area (Å²) in [6.07, 6.45) is 0. The Bertz CT molecular complexity index is 537. The lowest BCUT2D eigenvalue weighted by Crippen LogP contribution is -2.39. The lowest BCUT2D eigenvalue weighted by molar-refractivity contribution is -0.119. The number of carbonyl (C=O) groups is 1. The van der Waals surface area contributed by atoms with Crippen LogP contribution in [0.4, 0.5) is 0 Å². The molecule has 1 rings (SSSR count). The van der Waals surface area contributed by atoms with Crippen LogP contribution in [0.1, 0.15) is 25.6 Å². The third kappa shape index (κ3) is 5.93. The van der Waals surface area contributed by atoms with Gasteiger partial charge in [-0.25, -0.2) is 8.42 Å². The Hall–Kier alpha value is -0.590. The second kappa shape index (κ2) is 6.72. The first-order valence-corrected chi connectivity index (χ1v) is 8.95. The molecule has 0 bridgehead atoms. The van der Waals surface area contributed by atoms with E-state index in [1.807, 2.05) is 20.8 Å². The Morgan fingerprint density at radius 3 is 2.47 bits per heavy atom. The molecule has 1 N–H and O–H groups in total. The van der Waals surface area contributed by atoms with Crippen LogP contribution in [0.5, 0.6) is 0 Å². The van der Waals surface area contributed by atoms with Gasteiger partial charge in [-0.15, -0.1) is 11.3 Å². The van der Waals surface area contributed by atoms with E-state index >= 15 is 0 Å². The molecule has 0 saturated heterocycles. The number of hydrogen-bond donors (Lipinski definition) is 1. The summed E-state index contributed by atoms with van der Waals surface area (Å²) in [5.74, 6) is -0.820. The van der Waals surface area contributed by atoms with Crippen LogP contribution in [0.25, 0.3) is 0 Å². The van der Waals surface area contributed by atoms with Gasteiger partial charge in [0.15, 0.2) is 9.84 Å². The molecule has 0 radical (unpaired) electrons. The molecule has 0 saturated carbocycles. The van der Waals surface area contributed by atoms with E-state index < -0.39 is 21.5 Å². The van der Waals surface area contributed by atoms with Crippen LogP contribution >= 0.6 is 22.9 Å². The lowest BCUT2D eigenvalue weighted by atomic mass is 10.1. The van der Waals surface area contributed by atoms with Crippen molar-refractivity contribution in [3.63, 3.8) is 0 Å². The van der Waals surface area contributed by atoms with Crippen molar-refractivity contribution in [2.45, 2.75) is 32.6 Å². The zero-order chi connectivity index (χ0) is 14.6. The average Bonchev–Trinajstić information content (AvgIpc) is 2.61. The topological polar surface area (TPSA) is 63.2 Å². The summed E-state index contributed by atoms with van der Waals surface area (Å²) in [7, 11) is -3.45. The summed E-state index contributed by atoms with van der Waals surface area (Å²) < 4.78 is 24.3. The van der Waals surface area contributed by atoms with Gasteiger partial charge in [0.05, 0.1) is 10.1 Å². The van der Waals surface area contributed by atoms with Crippen molar-refractivity contribution in [3.8, 4) is 0 Å². The molecule has 0 fully saturated rings. The van der Waals surface area contributed by atoms with Crippen LogP contribution in [0.15, 0.2) is 12.1 Å². The Labute approximate surface area is 123 Å². The van der Waals surface area contributed by atoms with Crippen molar-refractivity contribution in [1.82, 2.24) is 5.32 Å². The lowest BCUT2D eigenvalue weighted by Gasteiger charge is -2.17. The Kier molecular flexibility index (Phi) is 5.82. The normalized spacial score (nSPS) is 13.5. The van der Waals surface area contributed by atoms with E-state index in [0.29, 0.717) is 9.21 Å². The predicted molar refractivity (Wildman–Crippen MR) is 79.3 cm³/mol. The molecule has 1 heterocycles. The summed E-state index contributed by atoms with van der Waals surface area (Å²) in [6, 6.07) is 3.27. The summed E-state index contributed by atoms with van der Waals surface area (Å²) in [5.41, 5.74) is 0. The highest BCUT2D eigenvalue weighted by Gasteiger charge is 2.20. The zero-order valence-electron chi connectivity index (χ0n) is 11.1. The Morgan fingerprint density at radius 2 is 2.00 bits per heavy atom. The van der Waals surface area contributed by atoms with Crippen LogP contribution in [-0.2, 0) is 20.4 Å². The van der Waals surface area contributed by atoms with E-state index in [-0.39, 0.29) is 17.7 Å². The fourth-order valence-corrected chi connectivity index (χ4v) is 4.13. The van der Waals surface area contributed by atoms with Gasteiger partial charge in [0.1, 0.15) is 5.75 Å². The molecule has 0 aliphatic rings. The number of hydrogen-bond acceptors (Lipinski definition) is 4. The largest absolute Gasteiger partial charge is 0.353 e. The number of amides is 1. The minimum Gasteiger partial charge on any atom is -0.353 e. The second-order valence-corrected chi connectivity index (χ2v) is 8.70. The summed E-state index contributed by atoms with van der Waals surface area (Å²) >= 11 is 6.96. The molecular formula is C12H18ClNO3S2. The first-order chi connectivity index (χ1) is 8.69. The maximum Gasteiger partial charge on any atom is 0.235 e. The monoisotopic (exact) mass is 323 g/mol. The van der Waals surface area contributed by atoms with E-state index in [2.05, 4.69) is 5.32 Å². The Morgan fingerprint density at radius 1 is 1.37 bits per heavy atom. The number of carbonyl (C=O) groups excluding carboxylic acids is 1. The highest BCUT2D eigenvalue weighted by molar-refractivity contribution is 7.91. The van der Waals surface area contributed by atoms with Crippen molar-refractivity contribution in [2.75, 3.05) is 5.75 Å². The molecule has 0 spiro atoms. The molecular weight excluding hydrogens is 306 g/mol. The van der Waals surface area contributed by atoms with Crippen molar-refractivity contribution < 1.29 is 13.2 Å². The van der Waals surface area contributed by atoms with Crippen LogP contribution in [0.2, 0.25) is 4.34 Å². The number of thiophene rings is 1. The molecule has 19 heavy (non-hydrogen) atoms. The fraction of sp³-hybridized carbons (Fsp3) is 0.583. The third-order valence-electron chi connectivity index (χ3n) is 2.73. The van der Waals surface area contributed by atoms with Gasteiger partial charge in [0.2, 0.25) is 5.91 Å². The van der Waals surface area contributed by atoms with Crippen molar-refractivity contribution in [3.05, 3.63) is 21.3 Å². The number of sulfone groups is 1. The van der Waals surface area contributed by atoms with Gasteiger partial charge in [0.25, 0.3) is 0 Å². The van der Waals surface area contributed by atoms with Gasteiger partial charge in [-0.3, -0.25) is 4.79 Å². The van der Waals surface area contributed by atoms with Crippen molar-refractivity contribution >= 4 is 38.7 Å². The molecule has 1 unspecified atom stereocenters. The zero-order valence-corrected chi connectivity index (χ0v) is 13.5. The molecule has 0 aliphatic carbocycles. The maximum absolute atomic E-state index is 11.9. The van der Waals surface area contributed by atoms with Crippen LogP contribution in [0, 0.1) is 5.92 Å². The van der Waals surface area contributed by atoms with E-state index in [0.717, 1.165) is 0 Å². The van der Waals surface area contributed by atoms with E-state index in [1.165, 1.54) is 11.3 Å². The first kappa shape index (κ1) is 16.5. The fourth-order valence-electron chi connectivity index (χ4n) is 1.36. The van der Waals surface area contributed by atoms with E-state index in [1.54, 1.807) is 12.1 Å². The standard InChI is InChI=1S/C12H18ClNO3S2/c1-8(2)9(3)14-12(15)7-19(16,17)6-10-4-5-11(13)18-10/h4-5,8-9H,6-7H2,1-3H3,(H,14,15). The van der Waals surface area contributed by atoms with Crippen molar-refractivity contribution in [2.24, 2.45) is 5.92 Å². The maximum atomic E-state index is 11.9. The molecule has 1 atom stereocenters. The second-order valence-electron chi connectivity index (χ2n) is 4.84. The highest BCUT2D eigenvalue weighted by Crippen LogP contribution is 2.23. The van der Waals surface area contributed by atoms with E-state index in [9.17, 15) is 13.2 Å². The SMILES string of the molecule is CC(C)C(C)NC(=O)CS(=O)(=O)Cc1ccc(Cl)s1. The summed E-state index contributed by atoms with van der Waals surface area (Å²) in [6.45, 7) is 5.79. The molecule has 108 valence electrons. The molecule has 1 aromatic rings. The molecule has 7 heteroatoms. The van der Waals surface area contributed by atoms with Gasteiger partial charge < -0.3 is 5.32 Å². The summed E-state index contributed by atoms with van der Waals surface area (Å²) in [5, 5.41) is 2.69. The van der Waals surface area contributed by atoms with Crippen molar-refractivity contribution in [1.29, 1.82) is 0 Å². The molecule has 1 aromatic heterocycles. The highest BCUT2D eigenvalue weighted by atomic mass is 35.5. The van der Waals surface area contributed by atoms with Crippen LogP contribution in [0.3, 0.4) is 0 Å². The van der Waals surface area contributed by atoms with Gasteiger partial charge in [-0.2, -0.15) is 0 Å². The minimum absolute atomic E-state index is 0.0427. The molecule has 0 aliphatic heterocycles. The van der Waals surface area contributed by atoms with Gasteiger partial charge in [0, 0.05) is 10.9 Å². The van der Waals surface area contributed by atoms with Crippen LogP contribution in [-0.4, -0.2) is 26.1 Å². The minimum atomic E-state index is -3.45. The Balaban J connectivity index is 2.57. The smallest absolute Gasteiger partial charge is 0.235 e. The van der Waals surface area contributed by atoms with Gasteiger partial charge in [-0.05, 0) is 25.0 Å². The quantitative estimate of drug-likeness (QED) is 0.874.